The molecule has 0 N–H and O–H groups in total. The first-order chi connectivity index (χ1) is 11.2. The highest BCUT2D eigenvalue weighted by atomic mass is 19.1. The van der Waals surface area contributed by atoms with Gasteiger partial charge in [-0.3, -0.25) is 0 Å². The molecule has 6 heteroatoms. The summed E-state index contributed by atoms with van der Waals surface area (Å²) in [5.41, 5.74) is -1.06. The Morgan fingerprint density at radius 3 is 2.12 bits per heavy atom. The van der Waals surface area contributed by atoms with Crippen molar-refractivity contribution in [2.75, 3.05) is 0 Å². The molecule has 3 nitrogen and oxygen atoms in total. The van der Waals surface area contributed by atoms with Gasteiger partial charge in [0.2, 0.25) is 0 Å². The van der Waals surface area contributed by atoms with E-state index in [0.29, 0.717) is 17.1 Å². The van der Waals surface area contributed by atoms with Gasteiger partial charge in [-0.1, -0.05) is 0 Å². The fourth-order valence-corrected chi connectivity index (χ4v) is 2.36. The van der Waals surface area contributed by atoms with Crippen molar-refractivity contribution in [2.24, 2.45) is 0 Å². The van der Waals surface area contributed by atoms with Crippen LogP contribution in [-0.2, 0) is 9.31 Å². The first kappa shape index (κ1) is 16.9. The van der Waals surface area contributed by atoms with Gasteiger partial charge in [-0.2, -0.15) is 0 Å². The van der Waals surface area contributed by atoms with E-state index in [9.17, 15) is 8.78 Å². The molecule has 0 bridgehead atoms. The predicted molar refractivity (Wildman–Crippen MR) is 89.3 cm³/mol. The van der Waals surface area contributed by atoms with Crippen molar-refractivity contribution < 1.29 is 22.5 Å². The molecule has 0 saturated carbocycles. The van der Waals surface area contributed by atoms with E-state index in [1.54, 1.807) is 24.3 Å². The van der Waals surface area contributed by atoms with Crippen molar-refractivity contribution in [1.29, 1.82) is 0 Å². The Morgan fingerprint density at radius 1 is 0.958 bits per heavy atom. The van der Waals surface area contributed by atoms with Gasteiger partial charge in [-0.15, -0.1) is 0 Å². The maximum absolute atomic E-state index is 14.4. The van der Waals surface area contributed by atoms with Gasteiger partial charge >= 0.3 is 7.12 Å². The van der Waals surface area contributed by atoms with Crippen LogP contribution < -0.4 is 0 Å². The zero-order valence-electron chi connectivity index (χ0n) is 14.1. The molecule has 2 heterocycles. The molecule has 1 saturated heterocycles. The van der Waals surface area contributed by atoms with Gasteiger partial charge in [0, 0.05) is 11.6 Å². The second-order valence-electron chi connectivity index (χ2n) is 6.83. The van der Waals surface area contributed by atoms with E-state index in [4.69, 9.17) is 13.7 Å². The summed E-state index contributed by atoms with van der Waals surface area (Å²) in [6.45, 7) is 7.44. The first-order valence-electron chi connectivity index (χ1n) is 7.76. The molecule has 3 rings (SSSR count). The highest BCUT2D eigenvalue weighted by molar-refractivity contribution is 6.54. The third-order valence-corrected chi connectivity index (χ3v) is 4.51. The molecule has 1 aromatic heterocycles. The van der Waals surface area contributed by atoms with Crippen molar-refractivity contribution in [3.8, 4) is 11.3 Å². The SMILES string of the molecule is CC1(C)OB(C(F)=Cc2ccc(-c3ccc(F)cc3)o2)OC1(C)C. The molecule has 0 aliphatic carbocycles. The van der Waals surface area contributed by atoms with Crippen LogP contribution in [-0.4, -0.2) is 18.3 Å². The summed E-state index contributed by atoms with van der Waals surface area (Å²) in [4.78, 5) is 0. The summed E-state index contributed by atoms with van der Waals surface area (Å²) >= 11 is 0. The smallest absolute Gasteiger partial charge is 0.457 e. The number of furan rings is 1. The third-order valence-electron chi connectivity index (χ3n) is 4.51. The van der Waals surface area contributed by atoms with Crippen LogP contribution in [0.25, 0.3) is 17.4 Å². The summed E-state index contributed by atoms with van der Waals surface area (Å²) < 4.78 is 44.3. The minimum Gasteiger partial charge on any atom is -0.457 e. The summed E-state index contributed by atoms with van der Waals surface area (Å²) in [7, 11) is -1.06. The Labute approximate surface area is 140 Å². The van der Waals surface area contributed by atoms with E-state index < -0.39 is 24.0 Å². The minimum absolute atomic E-state index is 0.322. The topological polar surface area (TPSA) is 31.6 Å². The fourth-order valence-electron chi connectivity index (χ4n) is 2.36. The maximum atomic E-state index is 14.4. The van der Waals surface area contributed by atoms with Crippen molar-refractivity contribution in [2.45, 2.75) is 38.9 Å². The minimum atomic E-state index is -1.06. The van der Waals surface area contributed by atoms with Gasteiger partial charge in [0.05, 0.1) is 11.2 Å². The molecule has 1 aromatic carbocycles. The van der Waals surface area contributed by atoms with Gasteiger partial charge < -0.3 is 13.7 Å². The molecule has 1 aliphatic heterocycles. The summed E-state index contributed by atoms with van der Waals surface area (Å²) in [6.07, 6.45) is 1.25. The lowest BCUT2D eigenvalue weighted by Gasteiger charge is -2.32. The molecular weight excluding hydrogens is 313 g/mol. The summed E-state index contributed by atoms with van der Waals surface area (Å²) in [6, 6.07) is 9.25. The molecule has 0 atom stereocenters. The zero-order chi connectivity index (χ0) is 17.5. The number of hydrogen-bond donors (Lipinski definition) is 0. The van der Waals surface area contributed by atoms with Crippen molar-refractivity contribution in [3.05, 3.63) is 53.7 Å². The standard InChI is InChI=1S/C18H19BF2O3/c1-17(2)18(3,4)24-19(23-17)16(21)11-14-9-10-15(22-14)12-5-7-13(20)8-6-12/h5-11H,1-4H3. The lowest BCUT2D eigenvalue weighted by Crippen LogP contribution is -2.41. The summed E-state index contributed by atoms with van der Waals surface area (Å²) in [5.74, 6) is 0.543. The maximum Gasteiger partial charge on any atom is 0.525 e. The second kappa shape index (κ2) is 5.86. The van der Waals surface area contributed by atoms with E-state index in [-0.39, 0.29) is 5.82 Å². The molecule has 24 heavy (non-hydrogen) atoms. The molecule has 126 valence electrons. The largest absolute Gasteiger partial charge is 0.525 e. The molecule has 1 fully saturated rings. The van der Waals surface area contributed by atoms with Gasteiger partial charge in [0.25, 0.3) is 0 Å². The fraction of sp³-hybridized carbons (Fsp3) is 0.333. The highest BCUT2D eigenvalue weighted by Gasteiger charge is 2.53. The number of hydrogen-bond acceptors (Lipinski definition) is 3. The Morgan fingerprint density at radius 2 is 1.54 bits per heavy atom. The van der Waals surface area contributed by atoms with Gasteiger partial charge in [-0.05, 0) is 64.1 Å². The van der Waals surface area contributed by atoms with Crippen LogP contribution in [0, 0.1) is 5.82 Å². The number of halogens is 2. The highest BCUT2D eigenvalue weighted by Crippen LogP contribution is 2.39. The monoisotopic (exact) mass is 332 g/mol. The Balaban J connectivity index is 1.79. The number of benzene rings is 1. The normalized spacial score (nSPS) is 19.8. The molecule has 2 aromatic rings. The Bertz CT molecular complexity index is 747. The van der Waals surface area contributed by atoms with E-state index in [0.717, 1.165) is 0 Å². The quantitative estimate of drug-likeness (QED) is 0.739. The van der Waals surface area contributed by atoms with Crippen LogP contribution in [0.2, 0.25) is 0 Å². The van der Waals surface area contributed by atoms with Crippen molar-refractivity contribution in [3.63, 3.8) is 0 Å². The Hall–Kier alpha value is -1.92. The van der Waals surface area contributed by atoms with Crippen LogP contribution in [0.3, 0.4) is 0 Å². The lowest BCUT2D eigenvalue weighted by atomic mass is 9.87. The third kappa shape index (κ3) is 3.16. The number of rotatable bonds is 3. The van der Waals surface area contributed by atoms with Gasteiger partial charge in [0.1, 0.15) is 23.1 Å². The lowest BCUT2D eigenvalue weighted by molar-refractivity contribution is 0.00578. The van der Waals surface area contributed by atoms with Crippen molar-refractivity contribution in [1.82, 2.24) is 0 Å². The van der Waals surface area contributed by atoms with E-state index in [1.807, 2.05) is 27.7 Å². The predicted octanol–water partition coefficient (Wildman–Crippen LogP) is 5.03. The van der Waals surface area contributed by atoms with E-state index in [2.05, 4.69) is 0 Å². The first-order valence-corrected chi connectivity index (χ1v) is 7.76. The molecule has 0 amide bonds. The van der Waals surface area contributed by atoms with Crippen LogP contribution in [0.5, 0.6) is 0 Å². The average Bonchev–Trinajstić information content (AvgIpc) is 3.02. The molecule has 0 unspecified atom stereocenters. The average molecular weight is 332 g/mol. The van der Waals surface area contributed by atoms with Crippen LogP contribution in [0.1, 0.15) is 33.5 Å². The van der Waals surface area contributed by atoms with Gasteiger partial charge in [-0.25, -0.2) is 8.78 Å². The molecular formula is C18H19BF2O3. The van der Waals surface area contributed by atoms with Gasteiger partial charge in [0.15, 0.2) is 0 Å². The zero-order valence-corrected chi connectivity index (χ0v) is 14.1. The molecule has 0 radical (unpaired) electrons. The Kier molecular flexibility index (Phi) is 4.14. The van der Waals surface area contributed by atoms with Crippen molar-refractivity contribution >= 4 is 13.2 Å². The summed E-state index contributed by atoms with van der Waals surface area (Å²) in [5, 5.41) is 0. The van der Waals surface area contributed by atoms with E-state index in [1.165, 1.54) is 18.2 Å². The van der Waals surface area contributed by atoms with Crippen LogP contribution >= 0.6 is 0 Å². The van der Waals surface area contributed by atoms with Crippen LogP contribution in [0.15, 0.2) is 46.5 Å². The second-order valence-corrected chi connectivity index (χ2v) is 6.83. The van der Waals surface area contributed by atoms with E-state index >= 15 is 0 Å². The molecule has 1 aliphatic rings. The van der Waals surface area contributed by atoms with Crippen LogP contribution in [0.4, 0.5) is 8.78 Å². The molecule has 0 spiro atoms.